The second-order valence-corrected chi connectivity index (χ2v) is 26.2. The van der Waals surface area contributed by atoms with E-state index < -0.39 is 10.8 Å². The Morgan fingerprint density at radius 3 is 1.20 bits per heavy atom. The largest absolute Gasteiger partial charge is 0.310 e. The van der Waals surface area contributed by atoms with Crippen LogP contribution < -0.4 is 9.80 Å². The zero-order valence-corrected chi connectivity index (χ0v) is 51.9. The molecule has 0 N–H and O–H groups in total. The molecule has 0 aromatic heterocycles. The minimum Gasteiger partial charge on any atom is -0.310 e. The summed E-state index contributed by atoms with van der Waals surface area (Å²) in [5, 5.41) is 9.89. The number of para-hydroxylation sites is 3. The van der Waals surface area contributed by atoms with Gasteiger partial charge >= 0.3 is 0 Å². The molecule has 0 heterocycles. The molecule has 16 aromatic carbocycles. The number of fused-ring (bicyclic) bond motifs is 26. The van der Waals surface area contributed by atoms with Gasteiger partial charge in [-0.3, -0.25) is 0 Å². The van der Waals surface area contributed by atoms with Gasteiger partial charge in [-0.1, -0.05) is 255 Å². The molecular formula is C92H60N2. The van der Waals surface area contributed by atoms with Gasteiger partial charge in [-0.25, -0.2) is 0 Å². The summed E-state index contributed by atoms with van der Waals surface area (Å²) in [6, 6.07) is 127. The van der Waals surface area contributed by atoms with E-state index in [9.17, 15) is 0 Å². The van der Waals surface area contributed by atoms with Crippen LogP contribution in [0.4, 0.5) is 34.1 Å². The Hall–Kier alpha value is -11.8. The van der Waals surface area contributed by atoms with Crippen LogP contribution in [0.5, 0.6) is 0 Å². The van der Waals surface area contributed by atoms with Gasteiger partial charge in [0, 0.05) is 33.5 Å². The maximum atomic E-state index is 2.59. The average molecular weight is 1190 g/mol. The number of hydrogen-bond donors (Lipinski definition) is 0. The fourth-order valence-corrected chi connectivity index (χ4v) is 17.8. The van der Waals surface area contributed by atoms with Gasteiger partial charge in [0.25, 0.3) is 0 Å². The molecule has 0 radical (unpaired) electrons. The van der Waals surface area contributed by atoms with Crippen molar-refractivity contribution in [2.75, 3.05) is 9.80 Å². The van der Waals surface area contributed by atoms with Gasteiger partial charge < -0.3 is 9.80 Å². The van der Waals surface area contributed by atoms with Crippen LogP contribution in [0.25, 0.3) is 87.6 Å². The summed E-state index contributed by atoms with van der Waals surface area (Å²) < 4.78 is 0. The zero-order valence-electron chi connectivity index (χ0n) is 51.9. The minimum atomic E-state index is -0.582. The third-order valence-electron chi connectivity index (χ3n) is 21.4. The van der Waals surface area contributed by atoms with Crippen molar-refractivity contribution in [2.45, 2.75) is 24.2 Å². The lowest BCUT2D eigenvalue weighted by Gasteiger charge is -2.33. The molecule has 0 fully saturated rings. The first-order valence-corrected chi connectivity index (χ1v) is 33.0. The quantitative estimate of drug-likeness (QED) is 0.150. The van der Waals surface area contributed by atoms with E-state index in [1.54, 1.807) is 0 Å². The van der Waals surface area contributed by atoms with Crippen LogP contribution in [0.2, 0.25) is 0 Å². The second kappa shape index (κ2) is 20.1. The molecule has 2 heteroatoms. The van der Waals surface area contributed by atoms with Crippen LogP contribution in [-0.2, 0) is 17.3 Å². The van der Waals surface area contributed by atoms with Crippen LogP contribution in [-0.4, -0.2) is 0 Å². The molecule has 0 aliphatic heterocycles. The molecule has 4 aliphatic rings. The van der Waals surface area contributed by atoms with Crippen LogP contribution in [0.1, 0.15) is 61.2 Å². The highest BCUT2D eigenvalue weighted by molar-refractivity contribution is 6.16. The summed E-state index contributed by atoms with van der Waals surface area (Å²) in [5.41, 5.74) is 30.5. The van der Waals surface area contributed by atoms with Crippen molar-refractivity contribution in [1.82, 2.24) is 0 Å². The molecule has 438 valence electrons. The molecule has 2 nitrogen and oxygen atoms in total. The predicted octanol–water partition coefficient (Wildman–Crippen LogP) is 23.8. The van der Waals surface area contributed by atoms with Crippen LogP contribution in [0.3, 0.4) is 0 Å². The fraction of sp³-hybridized carbons (Fsp3) is 0.0435. The molecule has 0 atom stereocenters. The van der Waals surface area contributed by atoms with E-state index >= 15 is 0 Å². The van der Waals surface area contributed by atoms with E-state index in [1.807, 2.05) is 0 Å². The van der Waals surface area contributed by atoms with Gasteiger partial charge in [0.15, 0.2) is 0 Å². The Morgan fingerprint density at radius 2 is 0.660 bits per heavy atom. The van der Waals surface area contributed by atoms with Crippen molar-refractivity contribution in [2.24, 2.45) is 0 Å². The van der Waals surface area contributed by atoms with Gasteiger partial charge in [0.05, 0.1) is 22.2 Å². The van der Waals surface area contributed by atoms with Crippen molar-refractivity contribution in [3.63, 3.8) is 0 Å². The minimum absolute atomic E-state index is 0.559. The fourth-order valence-electron chi connectivity index (χ4n) is 17.8. The van der Waals surface area contributed by atoms with Gasteiger partial charge in [-0.15, -0.1) is 0 Å². The predicted molar refractivity (Wildman–Crippen MR) is 392 cm³/mol. The summed E-state index contributed by atoms with van der Waals surface area (Å²) in [6.45, 7) is 2.19. The van der Waals surface area contributed by atoms with Gasteiger partial charge in [-0.2, -0.15) is 0 Å². The summed E-state index contributed by atoms with van der Waals surface area (Å²) >= 11 is 0. The molecule has 20 rings (SSSR count). The van der Waals surface area contributed by atoms with Crippen molar-refractivity contribution in [3.05, 3.63) is 395 Å². The number of aryl methyl sites for hydroxylation is 1. The van der Waals surface area contributed by atoms with E-state index in [4.69, 9.17) is 0 Å². The van der Waals surface area contributed by atoms with Crippen LogP contribution >= 0.6 is 0 Å². The van der Waals surface area contributed by atoms with Gasteiger partial charge in [0.2, 0.25) is 0 Å². The Bertz CT molecular complexity index is 5790. The normalized spacial score (nSPS) is 13.6. The Labute approximate surface area is 547 Å². The van der Waals surface area contributed by atoms with Crippen LogP contribution in [0, 0.1) is 6.92 Å². The highest BCUT2D eigenvalue weighted by Gasteiger charge is 2.54. The van der Waals surface area contributed by atoms with E-state index in [1.165, 1.54) is 149 Å². The number of benzene rings is 16. The number of nitrogens with zero attached hydrogens (tertiary/aromatic N) is 2. The van der Waals surface area contributed by atoms with Crippen molar-refractivity contribution >= 4 is 77.2 Å². The van der Waals surface area contributed by atoms with Gasteiger partial charge in [-0.05, 0) is 230 Å². The molecule has 2 spiro atoms. The maximum absolute atomic E-state index is 2.59. The summed E-state index contributed by atoms with van der Waals surface area (Å²) in [6.07, 6.45) is 0.722. The summed E-state index contributed by atoms with van der Waals surface area (Å²) in [7, 11) is 0. The lowest BCUT2D eigenvalue weighted by molar-refractivity contribution is 0.795. The van der Waals surface area contributed by atoms with E-state index in [0.717, 1.165) is 40.5 Å². The van der Waals surface area contributed by atoms with Crippen molar-refractivity contribution < 1.29 is 0 Å². The maximum Gasteiger partial charge on any atom is 0.0726 e. The first-order valence-electron chi connectivity index (χ1n) is 33.0. The topological polar surface area (TPSA) is 6.48 Å². The third-order valence-corrected chi connectivity index (χ3v) is 21.4. The SMILES string of the molecule is Cc1cccc(N(c2ccccc2)c2cc3c(c4ccccc24)-c2cc4cc(Cc5ccccc5N(c5ccccc5)c5cc6c(c7ccccc57)-c5cc7ccccc7cc5C65c6ccccc6-c6ccccc65)ccc4cc2C32c3ccccc3-c3ccccc32)c1. The molecule has 0 amide bonds. The molecule has 0 unspecified atom stereocenters. The standard InChI is InChI=1S/C92H60N2/c1-58-25-24-33-67(49-58)93(65-29-4-2-5-30-65)87-56-84-90(74-40-13-11-38-72(74)87)77-53-64-51-59(47-48-62(64)55-83(77)92(84)80-44-21-17-36-70(80)71-37-18-22-45-81(71)92)50-63-28-10-23-46-86(63)94(66-31-6-3-7-32-66)88-57-85-89(75-41-14-12-39-73(75)88)76-52-60-26-8-9-27-61(60)54-82(76)91(85)78-42-19-15-34-68(78)69-35-16-20-43-79(69)91/h2-49,51-57H,50H2,1H3. The average Bonchev–Trinajstić information content (AvgIpc) is 1.51. The molecule has 0 saturated carbocycles. The number of rotatable bonds is 8. The first kappa shape index (κ1) is 52.9. The molecule has 0 saturated heterocycles. The number of anilines is 6. The zero-order chi connectivity index (χ0) is 61.8. The van der Waals surface area contributed by atoms with E-state index in [2.05, 4.69) is 350 Å². The molecule has 4 aliphatic carbocycles. The summed E-state index contributed by atoms with van der Waals surface area (Å²) in [4.78, 5) is 5.05. The molecule has 16 aromatic rings. The van der Waals surface area contributed by atoms with E-state index in [-0.39, 0.29) is 0 Å². The highest BCUT2D eigenvalue weighted by atomic mass is 15.2. The number of hydrogen-bond acceptors (Lipinski definition) is 2. The second-order valence-electron chi connectivity index (χ2n) is 26.2. The smallest absolute Gasteiger partial charge is 0.0726 e. The van der Waals surface area contributed by atoms with Crippen LogP contribution in [0.15, 0.2) is 334 Å². The monoisotopic (exact) mass is 1190 g/mol. The Morgan fingerprint density at radius 1 is 0.245 bits per heavy atom. The Kier molecular flexibility index (Phi) is 11.3. The van der Waals surface area contributed by atoms with Crippen molar-refractivity contribution in [1.29, 1.82) is 0 Å². The molecule has 94 heavy (non-hydrogen) atoms. The van der Waals surface area contributed by atoms with Gasteiger partial charge in [0.1, 0.15) is 0 Å². The highest BCUT2D eigenvalue weighted by Crippen LogP contribution is 2.68. The Balaban J connectivity index is 0.785. The lowest BCUT2D eigenvalue weighted by atomic mass is 9.70. The third kappa shape index (κ3) is 7.25. The summed E-state index contributed by atoms with van der Waals surface area (Å²) in [5.74, 6) is 0. The first-order chi connectivity index (χ1) is 46.5. The molecular weight excluding hydrogens is 1130 g/mol. The van der Waals surface area contributed by atoms with Crippen molar-refractivity contribution in [3.8, 4) is 44.5 Å². The molecule has 0 bridgehead atoms. The lowest BCUT2D eigenvalue weighted by Crippen LogP contribution is -2.26. The van der Waals surface area contributed by atoms with E-state index in [0.29, 0.717) is 0 Å².